The number of hydrogen-bond acceptors (Lipinski definition) is 3. The van der Waals surface area contributed by atoms with Gasteiger partial charge in [0.05, 0.1) is 19.2 Å². The highest BCUT2D eigenvalue weighted by molar-refractivity contribution is 5.81. The number of carbonyl (C=O) groups is 1. The molecule has 0 bridgehead atoms. The van der Waals surface area contributed by atoms with Crippen molar-refractivity contribution in [3.05, 3.63) is 30.3 Å². The van der Waals surface area contributed by atoms with Crippen molar-refractivity contribution < 1.29 is 9.90 Å². The Morgan fingerprint density at radius 1 is 1.41 bits per heavy atom. The van der Waals surface area contributed by atoms with Gasteiger partial charge in [0.15, 0.2) is 0 Å². The maximum absolute atomic E-state index is 11.5. The van der Waals surface area contributed by atoms with Gasteiger partial charge in [-0.2, -0.15) is 0 Å². The van der Waals surface area contributed by atoms with Gasteiger partial charge in [-0.25, -0.2) is 0 Å². The molecule has 1 atom stereocenters. The van der Waals surface area contributed by atoms with Gasteiger partial charge < -0.3 is 15.3 Å². The third kappa shape index (κ3) is 3.75. The van der Waals surface area contributed by atoms with E-state index in [-0.39, 0.29) is 25.1 Å². The summed E-state index contributed by atoms with van der Waals surface area (Å²) in [6.45, 7) is 2.31. The molecule has 0 saturated heterocycles. The van der Waals surface area contributed by atoms with Gasteiger partial charge in [0, 0.05) is 12.7 Å². The van der Waals surface area contributed by atoms with E-state index < -0.39 is 0 Å². The maximum atomic E-state index is 11.5. The van der Waals surface area contributed by atoms with Gasteiger partial charge in [0.1, 0.15) is 0 Å². The fraction of sp³-hybridized carbons (Fsp3) is 0.462. The number of anilines is 1. The maximum Gasteiger partial charge on any atom is 0.239 e. The van der Waals surface area contributed by atoms with Crippen LogP contribution >= 0.6 is 0 Å². The van der Waals surface area contributed by atoms with E-state index >= 15 is 0 Å². The quantitative estimate of drug-likeness (QED) is 0.775. The van der Waals surface area contributed by atoms with E-state index in [0.717, 1.165) is 12.1 Å². The van der Waals surface area contributed by atoms with Gasteiger partial charge in [-0.1, -0.05) is 25.1 Å². The first-order valence-electron chi connectivity index (χ1n) is 5.86. The second kappa shape index (κ2) is 6.91. The Morgan fingerprint density at radius 3 is 2.53 bits per heavy atom. The summed E-state index contributed by atoms with van der Waals surface area (Å²) in [5.74, 6) is -0.0549. The predicted octanol–water partition coefficient (Wildman–Crippen LogP) is 1.01. The Balaban J connectivity index is 2.89. The van der Waals surface area contributed by atoms with Crippen molar-refractivity contribution in [2.45, 2.75) is 19.4 Å². The van der Waals surface area contributed by atoms with Crippen LogP contribution in [0.15, 0.2) is 30.3 Å². The minimum absolute atomic E-state index is 0.0327. The molecule has 0 fully saturated rings. The monoisotopic (exact) mass is 236 g/mol. The van der Waals surface area contributed by atoms with E-state index in [0.29, 0.717) is 0 Å². The van der Waals surface area contributed by atoms with Crippen LogP contribution in [0.2, 0.25) is 0 Å². The molecule has 0 aliphatic carbocycles. The first kappa shape index (κ1) is 13.5. The summed E-state index contributed by atoms with van der Waals surface area (Å²) in [5.41, 5.74) is 0.956. The minimum atomic E-state index is -0.0549. The van der Waals surface area contributed by atoms with Crippen molar-refractivity contribution >= 4 is 11.6 Å². The van der Waals surface area contributed by atoms with E-state index in [4.69, 9.17) is 0 Å². The summed E-state index contributed by atoms with van der Waals surface area (Å²) in [7, 11) is 1.62. The number of nitrogens with zero attached hydrogens (tertiary/aromatic N) is 1. The zero-order valence-corrected chi connectivity index (χ0v) is 10.4. The van der Waals surface area contributed by atoms with Crippen LogP contribution < -0.4 is 10.2 Å². The van der Waals surface area contributed by atoms with E-state index in [2.05, 4.69) is 5.32 Å². The van der Waals surface area contributed by atoms with Crippen molar-refractivity contribution in [2.75, 3.05) is 25.1 Å². The van der Waals surface area contributed by atoms with E-state index in [1.165, 1.54) is 0 Å². The van der Waals surface area contributed by atoms with Crippen LogP contribution in [-0.2, 0) is 4.79 Å². The van der Waals surface area contributed by atoms with Crippen molar-refractivity contribution in [1.29, 1.82) is 0 Å². The van der Waals surface area contributed by atoms with Crippen LogP contribution in [-0.4, -0.2) is 37.3 Å². The highest BCUT2D eigenvalue weighted by Crippen LogP contribution is 2.17. The number of likely N-dealkylation sites (N-methyl/N-ethyl adjacent to an activating group) is 1. The van der Waals surface area contributed by atoms with Gasteiger partial charge in [-0.3, -0.25) is 4.79 Å². The van der Waals surface area contributed by atoms with Gasteiger partial charge in [-0.15, -0.1) is 0 Å². The lowest BCUT2D eigenvalue weighted by Gasteiger charge is -2.31. The lowest BCUT2D eigenvalue weighted by Crippen LogP contribution is -2.43. The molecule has 94 valence electrons. The average molecular weight is 236 g/mol. The van der Waals surface area contributed by atoms with Crippen molar-refractivity contribution in [1.82, 2.24) is 5.32 Å². The van der Waals surface area contributed by atoms with Crippen LogP contribution in [0.1, 0.15) is 13.3 Å². The molecular formula is C13H20N2O2. The summed E-state index contributed by atoms with van der Waals surface area (Å²) < 4.78 is 0. The summed E-state index contributed by atoms with van der Waals surface area (Å²) in [6.07, 6.45) is 0.794. The number of rotatable bonds is 6. The molecule has 1 aromatic rings. The minimum Gasteiger partial charge on any atom is -0.394 e. The summed E-state index contributed by atoms with van der Waals surface area (Å²) in [4.78, 5) is 13.4. The fourth-order valence-electron chi connectivity index (χ4n) is 1.73. The normalized spacial score (nSPS) is 11.9. The van der Waals surface area contributed by atoms with Crippen LogP contribution in [0.5, 0.6) is 0 Å². The summed E-state index contributed by atoms with van der Waals surface area (Å²) >= 11 is 0. The molecule has 4 heteroatoms. The number of aliphatic hydroxyl groups is 1. The molecule has 4 nitrogen and oxygen atoms in total. The van der Waals surface area contributed by atoms with Gasteiger partial charge >= 0.3 is 0 Å². The number of aliphatic hydroxyl groups excluding tert-OH is 1. The molecule has 1 amide bonds. The average Bonchev–Trinajstić information content (AvgIpc) is 2.39. The Morgan fingerprint density at radius 2 is 2.06 bits per heavy atom. The van der Waals surface area contributed by atoms with Crippen molar-refractivity contribution in [3.63, 3.8) is 0 Å². The first-order chi connectivity index (χ1) is 8.22. The van der Waals surface area contributed by atoms with E-state index in [1.54, 1.807) is 7.05 Å². The standard InChI is InChI=1S/C13H20N2O2/c1-3-11(10-16)15(9-13(17)14-2)12-7-5-4-6-8-12/h4-8,11,16H,3,9-10H2,1-2H3,(H,14,17)/t11-/m0/s1. The van der Waals surface area contributed by atoms with Crippen LogP contribution in [0, 0.1) is 0 Å². The number of nitrogens with one attached hydrogen (secondary N) is 1. The molecule has 0 unspecified atom stereocenters. The molecule has 2 N–H and O–H groups in total. The number of amides is 1. The summed E-state index contributed by atoms with van der Waals surface area (Å²) in [6, 6.07) is 9.64. The molecule has 0 aliphatic heterocycles. The third-order valence-electron chi connectivity index (χ3n) is 2.80. The zero-order chi connectivity index (χ0) is 12.7. The van der Waals surface area contributed by atoms with E-state index in [9.17, 15) is 9.90 Å². The number of benzene rings is 1. The largest absolute Gasteiger partial charge is 0.394 e. The van der Waals surface area contributed by atoms with Crippen molar-refractivity contribution in [2.24, 2.45) is 0 Å². The Kier molecular flexibility index (Phi) is 5.49. The van der Waals surface area contributed by atoms with Crippen molar-refractivity contribution in [3.8, 4) is 0 Å². The molecule has 0 saturated carbocycles. The smallest absolute Gasteiger partial charge is 0.239 e. The highest BCUT2D eigenvalue weighted by Gasteiger charge is 2.18. The molecule has 17 heavy (non-hydrogen) atoms. The lowest BCUT2D eigenvalue weighted by molar-refractivity contribution is -0.119. The molecule has 0 aromatic heterocycles. The SMILES string of the molecule is CC[C@@H](CO)N(CC(=O)NC)c1ccccc1. The zero-order valence-electron chi connectivity index (χ0n) is 10.4. The fourth-order valence-corrected chi connectivity index (χ4v) is 1.73. The molecule has 1 rings (SSSR count). The first-order valence-corrected chi connectivity index (χ1v) is 5.86. The molecular weight excluding hydrogens is 216 g/mol. The van der Waals surface area contributed by atoms with Crippen LogP contribution in [0.3, 0.4) is 0 Å². The molecule has 1 aromatic carbocycles. The third-order valence-corrected chi connectivity index (χ3v) is 2.80. The Labute approximate surface area is 102 Å². The number of carbonyl (C=O) groups excluding carboxylic acids is 1. The summed E-state index contributed by atoms with van der Waals surface area (Å²) in [5, 5.41) is 12.0. The van der Waals surface area contributed by atoms with Crippen LogP contribution in [0.25, 0.3) is 0 Å². The number of hydrogen-bond donors (Lipinski definition) is 2. The molecule has 0 heterocycles. The second-order valence-electron chi connectivity index (χ2n) is 3.88. The Bertz CT molecular complexity index is 337. The second-order valence-corrected chi connectivity index (χ2v) is 3.88. The molecule has 0 aliphatic rings. The topological polar surface area (TPSA) is 52.6 Å². The van der Waals surface area contributed by atoms with Gasteiger partial charge in [0.2, 0.25) is 5.91 Å². The van der Waals surface area contributed by atoms with E-state index in [1.807, 2.05) is 42.2 Å². The Hall–Kier alpha value is -1.55. The lowest BCUT2D eigenvalue weighted by atomic mass is 10.1. The number of para-hydroxylation sites is 1. The predicted molar refractivity (Wildman–Crippen MR) is 69.0 cm³/mol. The van der Waals surface area contributed by atoms with Crippen LogP contribution in [0.4, 0.5) is 5.69 Å². The molecule has 0 radical (unpaired) electrons. The van der Waals surface area contributed by atoms with Gasteiger partial charge in [-0.05, 0) is 18.6 Å². The molecule has 0 spiro atoms. The highest BCUT2D eigenvalue weighted by atomic mass is 16.3. The van der Waals surface area contributed by atoms with Gasteiger partial charge in [0.25, 0.3) is 0 Å².